The summed E-state index contributed by atoms with van der Waals surface area (Å²) in [5, 5.41) is 3.21. The van der Waals surface area contributed by atoms with Crippen LogP contribution < -0.4 is 10.1 Å². The predicted octanol–water partition coefficient (Wildman–Crippen LogP) is 2.30. The van der Waals surface area contributed by atoms with Gasteiger partial charge >= 0.3 is 0 Å². The minimum absolute atomic E-state index is 0.232. The van der Waals surface area contributed by atoms with Crippen molar-refractivity contribution in [2.24, 2.45) is 0 Å². The van der Waals surface area contributed by atoms with E-state index in [0.29, 0.717) is 18.4 Å². The topological polar surface area (TPSA) is 47.0 Å². The Morgan fingerprint density at radius 1 is 1.47 bits per heavy atom. The van der Waals surface area contributed by atoms with Gasteiger partial charge in [0, 0.05) is 18.0 Å². The summed E-state index contributed by atoms with van der Waals surface area (Å²) in [5.41, 5.74) is 0. The molecule has 1 unspecified atom stereocenters. The van der Waals surface area contributed by atoms with Gasteiger partial charge in [0.05, 0.1) is 6.61 Å². The van der Waals surface area contributed by atoms with E-state index in [9.17, 15) is 0 Å². The first-order chi connectivity index (χ1) is 7.30. The fourth-order valence-corrected chi connectivity index (χ4v) is 1.40. The van der Waals surface area contributed by atoms with Crippen molar-refractivity contribution in [2.45, 2.75) is 26.3 Å². The Bertz CT molecular complexity index is 292. The first-order valence-electron chi connectivity index (χ1n) is 5.07. The lowest BCUT2D eigenvalue weighted by atomic mass is 10.2. The molecule has 0 bridgehead atoms. The lowest BCUT2D eigenvalue weighted by Crippen LogP contribution is -2.20. The van der Waals surface area contributed by atoms with Gasteiger partial charge in [-0.15, -0.1) is 11.6 Å². The van der Waals surface area contributed by atoms with Gasteiger partial charge in [0.15, 0.2) is 0 Å². The Morgan fingerprint density at radius 2 is 2.27 bits per heavy atom. The van der Waals surface area contributed by atoms with Crippen LogP contribution in [0.5, 0.6) is 5.88 Å². The fraction of sp³-hybridized carbons (Fsp3) is 0.600. The van der Waals surface area contributed by atoms with Crippen LogP contribution in [0, 0.1) is 0 Å². The molecule has 0 aliphatic rings. The molecule has 5 heteroatoms. The lowest BCUT2D eigenvalue weighted by molar-refractivity contribution is 0.326. The van der Waals surface area contributed by atoms with Crippen molar-refractivity contribution < 1.29 is 4.74 Å². The molecular weight excluding hydrogens is 214 g/mol. The number of anilines is 1. The Balaban J connectivity index is 2.64. The zero-order valence-electron chi connectivity index (χ0n) is 9.03. The van der Waals surface area contributed by atoms with Crippen molar-refractivity contribution in [3.63, 3.8) is 0 Å². The number of rotatable bonds is 6. The summed E-state index contributed by atoms with van der Waals surface area (Å²) in [6.45, 7) is 4.59. The quantitative estimate of drug-likeness (QED) is 0.761. The molecule has 0 radical (unpaired) electrons. The second kappa shape index (κ2) is 6.45. The van der Waals surface area contributed by atoms with Crippen LogP contribution in [0.25, 0.3) is 0 Å². The number of halogens is 1. The molecule has 1 N–H and O–H groups in total. The molecule has 0 aliphatic heterocycles. The SMILES string of the molecule is CCOc1cc(NC(CC)CCl)ncn1. The molecule has 0 spiro atoms. The molecule has 0 fully saturated rings. The Kier molecular flexibility index (Phi) is 5.18. The summed E-state index contributed by atoms with van der Waals surface area (Å²) >= 11 is 5.78. The monoisotopic (exact) mass is 229 g/mol. The molecule has 1 aromatic heterocycles. The highest BCUT2D eigenvalue weighted by atomic mass is 35.5. The van der Waals surface area contributed by atoms with Crippen molar-refractivity contribution in [3.8, 4) is 5.88 Å². The van der Waals surface area contributed by atoms with E-state index in [1.165, 1.54) is 6.33 Å². The van der Waals surface area contributed by atoms with Crippen molar-refractivity contribution in [3.05, 3.63) is 12.4 Å². The van der Waals surface area contributed by atoms with Gasteiger partial charge in [-0.1, -0.05) is 6.92 Å². The van der Waals surface area contributed by atoms with E-state index < -0.39 is 0 Å². The molecule has 1 heterocycles. The molecular formula is C10H16ClN3O. The molecule has 1 aromatic rings. The van der Waals surface area contributed by atoms with Crippen LogP contribution in [0.2, 0.25) is 0 Å². The number of alkyl halides is 1. The third kappa shape index (κ3) is 3.91. The third-order valence-corrected chi connectivity index (χ3v) is 2.34. The van der Waals surface area contributed by atoms with Gasteiger partial charge in [0.1, 0.15) is 12.1 Å². The maximum absolute atomic E-state index is 5.78. The first kappa shape index (κ1) is 12.0. The largest absolute Gasteiger partial charge is 0.478 e. The van der Waals surface area contributed by atoms with Crippen LogP contribution in [0.15, 0.2) is 12.4 Å². The van der Waals surface area contributed by atoms with Crippen LogP contribution in [0.3, 0.4) is 0 Å². The number of aromatic nitrogens is 2. The minimum atomic E-state index is 0.232. The average molecular weight is 230 g/mol. The molecule has 0 aliphatic carbocycles. The molecule has 84 valence electrons. The summed E-state index contributed by atoms with van der Waals surface area (Å²) in [6, 6.07) is 2.01. The van der Waals surface area contributed by atoms with Crippen LogP contribution in [-0.2, 0) is 0 Å². The smallest absolute Gasteiger partial charge is 0.218 e. The normalized spacial score (nSPS) is 12.2. The molecule has 0 saturated heterocycles. The number of hydrogen-bond donors (Lipinski definition) is 1. The van der Waals surface area contributed by atoms with E-state index in [2.05, 4.69) is 22.2 Å². The summed E-state index contributed by atoms with van der Waals surface area (Å²) in [7, 11) is 0. The van der Waals surface area contributed by atoms with Crippen LogP contribution in [0.1, 0.15) is 20.3 Å². The van der Waals surface area contributed by atoms with E-state index in [1.54, 1.807) is 6.07 Å². The number of hydrogen-bond acceptors (Lipinski definition) is 4. The average Bonchev–Trinajstić information content (AvgIpc) is 2.27. The highest BCUT2D eigenvalue weighted by Crippen LogP contribution is 2.13. The van der Waals surface area contributed by atoms with E-state index in [0.717, 1.165) is 12.2 Å². The summed E-state index contributed by atoms with van der Waals surface area (Å²) in [5.74, 6) is 1.89. The van der Waals surface area contributed by atoms with Gasteiger partial charge in [-0.2, -0.15) is 0 Å². The summed E-state index contributed by atoms with van der Waals surface area (Å²) in [4.78, 5) is 8.08. The highest BCUT2D eigenvalue weighted by Gasteiger charge is 2.05. The molecule has 4 nitrogen and oxygen atoms in total. The first-order valence-corrected chi connectivity index (χ1v) is 5.60. The maximum Gasteiger partial charge on any atom is 0.218 e. The van der Waals surface area contributed by atoms with Crippen molar-refractivity contribution >= 4 is 17.4 Å². The molecule has 1 rings (SSSR count). The van der Waals surface area contributed by atoms with E-state index in [1.807, 2.05) is 6.92 Å². The van der Waals surface area contributed by atoms with Crippen LogP contribution in [-0.4, -0.2) is 28.5 Å². The van der Waals surface area contributed by atoms with Crippen LogP contribution >= 0.6 is 11.6 Å². The Labute approximate surface area is 95.0 Å². The maximum atomic E-state index is 5.78. The minimum Gasteiger partial charge on any atom is -0.478 e. The predicted molar refractivity (Wildman–Crippen MR) is 61.6 cm³/mol. The lowest BCUT2D eigenvalue weighted by Gasteiger charge is -2.14. The molecule has 0 saturated carbocycles. The molecule has 15 heavy (non-hydrogen) atoms. The summed E-state index contributed by atoms with van der Waals surface area (Å²) < 4.78 is 5.27. The van der Waals surface area contributed by atoms with Gasteiger partial charge in [-0.25, -0.2) is 9.97 Å². The van der Waals surface area contributed by atoms with Gasteiger partial charge in [-0.3, -0.25) is 0 Å². The van der Waals surface area contributed by atoms with E-state index in [4.69, 9.17) is 16.3 Å². The fourth-order valence-electron chi connectivity index (χ4n) is 1.10. The van der Waals surface area contributed by atoms with Crippen LogP contribution in [0.4, 0.5) is 5.82 Å². The molecule has 0 aromatic carbocycles. The summed E-state index contributed by atoms with van der Waals surface area (Å²) in [6.07, 6.45) is 2.44. The Morgan fingerprint density at radius 3 is 2.87 bits per heavy atom. The molecule has 0 amide bonds. The van der Waals surface area contributed by atoms with E-state index >= 15 is 0 Å². The number of nitrogens with zero attached hydrogens (tertiary/aromatic N) is 2. The zero-order valence-corrected chi connectivity index (χ0v) is 9.79. The number of nitrogens with one attached hydrogen (secondary N) is 1. The van der Waals surface area contributed by atoms with Gasteiger partial charge in [0.2, 0.25) is 5.88 Å². The number of ether oxygens (including phenoxy) is 1. The Hall–Kier alpha value is -1.03. The van der Waals surface area contributed by atoms with Gasteiger partial charge < -0.3 is 10.1 Å². The standard InChI is InChI=1S/C10H16ClN3O/c1-3-8(6-11)14-9-5-10(15-4-2)13-7-12-9/h5,7-8H,3-4,6H2,1-2H3,(H,12,13,14). The van der Waals surface area contributed by atoms with Crippen molar-refractivity contribution in [2.75, 3.05) is 17.8 Å². The second-order valence-electron chi connectivity index (χ2n) is 3.08. The highest BCUT2D eigenvalue weighted by molar-refractivity contribution is 6.18. The van der Waals surface area contributed by atoms with Gasteiger partial charge in [0.25, 0.3) is 0 Å². The van der Waals surface area contributed by atoms with Crippen molar-refractivity contribution in [1.82, 2.24) is 9.97 Å². The zero-order chi connectivity index (χ0) is 11.1. The van der Waals surface area contributed by atoms with E-state index in [-0.39, 0.29) is 6.04 Å². The van der Waals surface area contributed by atoms with Crippen molar-refractivity contribution in [1.29, 1.82) is 0 Å². The third-order valence-electron chi connectivity index (χ3n) is 1.97. The second-order valence-corrected chi connectivity index (χ2v) is 3.39. The molecule has 1 atom stereocenters. The van der Waals surface area contributed by atoms with Gasteiger partial charge in [-0.05, 0) is 13.3 Å².